The van der Waals surface area contributed by atoms with Crippen molar-refractivity contribution in [3.63, 3.8) is 0 Å². The maximum absolute atomic E-state index is 11.6. The number of hydrogen-bond acceptors (Lipinski definition) is 28. The molecule has 15 aromatic rings. The Morgan fingerprint density at radius 3 is 1.33 bits per heavy atom. The van der Waals surface area contributed by atoms with Crippen LogP contribution in [0.4, 0.5) is 23.4 Å². The predicted molar refractivity (Wildman–Crippen MR) is 469 cm³/mol. The highest BCUT2D eigenvalue weighted by Gasteiger charge is 2.24. The number of pyridine rings is 2. The molecule has 34 heteroatoms. The van der Waals surface area contributed by atoms with Gasteiger partial charge in [-0.15, -0.1) is 22.7 Å². The number of nitrogens with zero attached hydrogens (tertiary/aromatic N) is 15. The van der Waals surface area contributed by atoms with Crippen LogP contribution in [0.25, 0.3) is 67.4 Å². The lowest BCUT2D eigenvalue weighted by Crippen LogP contribution is -2.31. The Hall–Kier alpha value is -12.2. The monoisotopic (exact) mass is 1740 g/mol. The standard InChI is InChI=1S/C20H19N3O2S.C18H16N4O2S.C18H15N3O2S2.C15H17N3O2S.C14H13N3O3S2.CH4/c1-26(24,25)18-8-6-16(7-9-18)19-12-21-13-20(22-19)23-11-10-15-4-2-3-5-17(15)14-23;1-25(23,24)15-6-4-13(5-7-15)16-9-19-10-18(21-16)22-11-14-3-2-8-20-17(14)12-22;1-25(22,23)16-6-4-13(5-7-16)17-9-18-14(10-19-17)11-21(20-18)12-15-3-2-8-24-15;1-21(19,20)13-6-4-12(5-7-13)14-10-16-11-15(17-14)18-8-2-3-9-18;1-22(18,19)12-6-4-10(5-7-12)13-16-14(17-20-13)15-9-11-3-2-8-21-11;/h2-9,12-13H,10-11,14H2,1H3;2-10H,11-12H2,1H3;2-11H,12H2,1H3;4-7,10-11H,2-3,8-9H2,1H3;2-8H,9H2,1H3,(H,15,17);1H4. The number of thiophene rings is 2. The van der Waals surface area contributed by atoms with Crippen molar-refractivity contribution in [2.24, 2.45) is 0 Å². The summed E-state index contributed by atoms with van der Waals surface area (Å²) in [5.41, 5.74) is 12.9. The zero-order valence-electron chi connectivity index (χ0n) is 65.1. The lowest BCUT2D eigenvalue weighted by Gasteiger charge is -2.29. The van der Waals surface area contributed by atoms with Crippen molar-refractivity contribution in [3.05, 3.63) is 287 Å². The van der Waals surface area contributed by atoms with Crippen LogP contribution in [0.5, 0.6) is 0 Å². The molecule has 6 aromatic carbocycles. The lowest BCUT2D eigenvalue weighted by molar-refractivity contribution is 0.432. The summed E-state index contributed by atoms with van der Waals surface area (Å²) in [4.78, 5) is 50.5. The van der Waals surface area contributed by atoms with Gasteiger partial charge in [0.15, 0.2) is 49.2 Å². The van der Waals surface area contributed by atoms with E-state index in [1.807, 2.05) is 46.6 Å². The predicted octanol–water partition coefficient (Wildman–Crippen LogP) is 14.8. The third kappa shape index (κ3) is 22.2. The van der Waals surface area contributed by atoms with Crippen molar-refractivity contribution >= 4 is 106 Å². The van der Waals surface area contributed by atoms with E-state index < -0.39 is 49.2 Å². The number of nitrogens with one attached hydrogen (secondary N) is 1. The fourth-order valence-corrected chi connectivity index (χ4v) is 17.5. The van der Waals surface area contributed by atoms with E-state index in [-0.39, 0.29) is 12.3 Å². The normalized spacial score (nSPS) is 13.2. The second kappa shape index (κ2) is 37.4. The van der Waals surface area contributed by atoms with Gasteiger partial charge in [-0.3, -0.25) is 29.6 Å². The first-order valence-electron chi connectivity index (χ1n) is 37.2. The minimum atomic E-state index is -3.21. The van der Waals surface area contributed by atoms with Gasteiger partial charge in [-0.1, -0.05) is 98.4 Å². The molecule has 12 heterocycles. The van der Waals surface area contributed by atoms with E-state index in [1.54, 1.807) is 181 Å². The van der Waals surface area contributed by atoms with E-state index in [4.69, 9.17) is 9.51 Å². The highest BCUT2D eigenvalue weighted by atomic mass is 32.2. The van der Waals surface area contributed by atoms with E-state index in [2.05, 4.69) is 112 Å². The third-order valence-electron chi connectivity index (χ3n) is 19.4. The molecule has 0 unspecified atom stereocenters. The van der Waals surface area contributed by atoms with Gasteiger partial charge in [0, 0.05) is 126 Å². The van der Waals surface area contributed by atoms with Crippen LogP contribution in [0.3, 0.4) is 0 Å². The molecule has 0 aliphatic carbocycles. The molecular formula is C86H84N16O11S7. The van der Waals surface area contributed by atoms with Gasteiger partial charge < -0.3 is 24.5 Å². The first-order valence-corrected chi connectivity index (χ1v) is 48.5. The van der Waals surface area contributed by atoms with Crippen molar-refractivity contribution in [2.45, 2.75) is 83.9 Å². The molecule has 0 bridgehead atoms. The molecule has 1 fully saturated rings. The van der Waals surface area contributed by atoms with Crippen molar-refractivity contribution in [1.29, 1.82) is 0 Å². The summed E-state index contributed by atoms with van der Waals surface area (Å²) < 4.78 is 122. The Morgan fingerprint density at radius 2 is 0.858 bits per heavy atom. The van der Waals surface area contributed by atoms with Gasteiger partial charge in [0.25, 0.3) is 11.8 Å². The number of aromatic nitrogens is 12. The van der Waals surface area contributed by atoms with Crippen LogP contribution in [0.2, 0.25) is 0 Å². The van der Waals surface area contributed by atoms with Gasteiger partial charge in [-0.05, 0) is 149 Å². The Balaban J connectivity index is 0.000000130. The molecule has 0 atom stereocenters. The molecule has 27 nitrogen and oxygen atoms in total. The molecule has 9 aromatic heterocycles. The third-order valence-corrected chi connectivity index (χ3v) is 26.7. The van der Waals surface area contributed by atoms with Crippen LogP contribution in [-0.4, -0.2) is 153 Å². The fourth-order valence-electron chi connectivity index (χ4n) is 13.0. The average Bonchev–Trinajstić information content (AvgIpc) is 1.08. The maximum Gasteiger partial charge on any atom is 0.264 e. The van der Waals surface area contributed by atoms with Crippen molar-refractivity contribution < 1.29 is 46.6 Å². The Kier molecular flexibility index (Phi) is 26.7. The number of rotatable bonds is 18. The van der Waals surface area contributed by atoms with Crippen molar-refractivity contribution in [1.82, 2.24) is 59.8 Å². The number of benzene rings is 6. The number of anilines is 4. The highest BCUT2D eigenvalue weighted by Crippen LogP contribution is 2.32. The first kappa shape index (κ1) is 85.7. The van der Waals surface area contributed by atoms with Crippen molar-refractivity contribution in [2.75, 3.05) is 70.9 Å². The molecule has 3 aliphatic rings. The van der Waals surface area contributed by atoms with E-state index in [9.17, 15) is 42.1 Å². The molecule has 1 N–H and O–H groups in total. The van der Waals surface area contributed by atoms with Gasteiger partial charge in [0.05, 0.1) is 115 Å². The van der Waals surface area contributed by atoms with Crippen LogP contribution < -0.4 is 20.0 Å². The minimum Gasteiger partial charge on any atom is -0.355 e. The van der Waals surface area contributed by atoms with Gasteiger partial charge in [-0.25, -0.2) is 57.0 Å². The van der Waals surface area contributed by atoms with E-state index in [0.717, 1.165) is 119 Å². The lowest BCUT2D eigenvalue weighted by atomic mass is 10.00. The summed E-state index contributed by atoms with van der Waals surface area (Å²) in [5, 5.41) is 16.6. The van der Waals surface area contributed by atoms with Crippen LogP contribution >= 0.6 is 22.7 Å². The highest BCUT2D eigenvalue weighted by molar-refractivity contribution is 7.91. The summed E-state index contributed by atoms with van der Waals surface area (Å²) >= 11 is 3.35. The Morgan fingerprint density at radius 1 is 0.417 bits per heavy atom. The smallest absolute Gasteiger partial charge is 0.264 e. The zero-order valence-corrected chi connectivity index (χ0v) is 70.8. The summed E-state index contributed by atoms with van der Waals surface area (Å²) in [6.45, 7) is 6.60. The second-order valence-corrected chi connectivity index (χ2v) is 40.4. The van der Waals surface area contributed by atoms with E-state index >= 15 is 0 Å². The first-order chi connectivity index (χ1) is 57.1. The number of fused-ring (bicyclic) bond motifs is 3. The van der Waals surface area contributed by atoms with Gasteiger partial charge in [0.2, 0.25) is 0 Å². The second-order valence-electron chi connectivity index (χ2n) is 28.3. The quantitative estimate of drug-likeness (QED) is 0.0833. The van der Waals surface area contributed by atoms with Crippen LogP contribution in [-0.2, 0) is 88.3 Å². The molecule has 0 saturated carbocycles. The molecule has 120 heavy (non-hydrogen) atoms. The summed E-state index contributed by atoms with van der Waals surface area (Å²) in [7, 11) is -16.0. The van der Waals surface area contributed by atoms with E-state index in [1.165, 1.54) is 82.7 Å². The fraction of sp³-hybridized carbons (Fsp3) is 0.198. The number of hydrogen-bond donors (Lipinski definition) is 1. The molecular weight excluding hydrogens is 1660 g/mol. The van der Waals surface area contributed by atoms with Crippen LogP contribution in [0.1, 0.15) is 52.4 Å². The van der Waals surface area contributed by atoms with Gasteiger partial charge >= 0.3 is 0 Å². The topological polar surface area (TPSA) is 352 Å². The SMILES string of the molecule is C.CS(=O)(=O)c1ccc(-c2cc3nn(Cc4cccs4)cc3cn2)cc1.CS(=O)(=O)c1ccc(-c2cncc(N3CCCC3)n2)cc1.CS(=O)(=O)c1ccc(-c2cncc(N3CCc4ccccc4C3)n2)cc1.CS(=O)(=O)c1ccc(-c2cncc(N3Cc4cccnc4C3)n2)cc1.CS(=O)(=O)c1ccc(-c2nc(NCc3cccs3)no2)cc1. The Bertz CT molecular complexity index is 6640. The summed E-state index contributed by atoms with van der Waals surface area (Å²) in [6, 6.07) is 55.8. The molecule has 3 aliphatic heterocycles. The molecule has 1 saturated heterocycles. The molecule has 0 spiro atoms. The van der Waals surface area contributed by atoms with Gasteiger partial charge in [0.1, 0.15) is 17.5 Å². The van der Waals surface area contributed by atoms with E-state index in [0.29, 0.717) is 55.8 Å². The summed E-state index contributed by atoms with van der Waals surface area (Å²) in [5.74, 6) is 3.24. The average molecular weight is 1740 g/mol. The maximum atomic E-state index is 11.6. The molecule has 0 amide bonds. The van der Waals surface area contributed by atoms with Crippen LogP contribution in [0, 0.1) is 0 Å². The Labute approximate surface area is 705 Å². The minimum absolute atomic E-state index is 0. The van der Waals surface area contributed by atoms with Gasteiger partial charge in [-0.2, -0.15) is 10.1 Å². The largest absolute Gasteiger partial charge is 0.355 e. The zero-order chi connectivity index (χ0) is 83.5. The summed E-state index contributed by atoms with van der Waals surface area (Å²) in [6.07, 6.45) is 25.3. The molecule has 0 radical (unpaired) electrons. The molecule has 616 valence electrons. The van der Waals surface area contributed by atoms with Crippen LogP contribution in [0.15, 0.2) is 284 Å². The molecule has 18 rings (SSSR count). The number of sulfone groups is 5. The van der Waals surface area contributed by atoms with Crippen molar-refractivity contribution in [3.8, 4) is 56.5 Å².